The van der Waals surface area contributed by atoms with Crippen LogP contribution in [0.25, 0.3) is 0 Å². The van der Waals surface area contributed by atoms with Crippen LogP contribution in [0.15, 0.2) is 34.9 Å². The molecule has 0 spiro atoms. The maximum atomic E-state index is 9.38. The molecule has 0 bridgehead atoms. The van der Waals surface area contributed by atoms with Gasteiger partial charge in [0, 0.05) is 0 Å². The zero-order chi connectivity index (χ0) is 12.5. The molecular weight excluding hydrogens is 216 g/mol. The summed E-state index contributed by atoms with van der Waals surface area (Å²) in [6, 6.07) is 9.98. The van der Waals surface area contributed by atoms with Crippen molar-refractivity contribution in [3.63, 3.8) is 0 Å². The summed E-state index contributed by atoms with van der Waals surface area (Å²) in [5, 5.41) is 13.3. The van der Waals surface area contributed by atoms with Crippen LogP contribution in [0, 0.1) is 0 Å². The molecule has 1 atom stereocenters. The topological polar surface area (TPSA) is 59.2 Å². The minimum absolute atomic E-state index is 0.254. The Morgan fingerprint density at radius 1 is 1.24 bits per heavy atom. The molecule has 0 aliphatic heterocycles. The molecule has 0 saturated heterocycles. The van der Waals surface area contributed by atoms with Crippen molar-refractivity contribution in [1.82, 2.24) is 10.1 Å². The molecule has 1 N–H and O–H groups in total. The molecule has 0 aliphatic rings. The summed E-state index contributed by atoms with van der Waals surface area (Å²) in [6.07, 6.45) is -0.733. The summed E-state index contributed by atoms with van der Waals surface area (Å²) >= 11 is 0. The van der Waals surface area contributed by atoms with Crippen LogP contribution in [0.2, 0.25) is 0 Å². The molecule has 90 valence electrons. The predicted molar refractivity (Wildman–Crippen MR) is 63.5 cm³/mol. The lowest BCUT2D eigenvalue weighted by Gasteiger charge is -2.20. The van der Waals surface area contributed by atoms with Crippen LogP contribution in [-0.4, -0.2) is 15.2 Å². The van der Waals surface area contributed by atoms with E-state index in [-0.39, 0.29) is 11.3 Å². The standard InChI is InChI=1S/C13H16N2O2/c1-9(16)11-14-12(15-17-11)13(2,3)10-7-5-4-6-8-10/h4-9,16H,1-3H3/t9-/m0/s1. The van der Waals surface area contributed by atoms with Gasteiger partial charge in [0.2, 0.25) is 0 Å². The largest absolute Gasteiger partial charge is 0.384 e. The number of benzene rings is 1. The zero-order valence-electron chi connectivity index (χ0n) is 10.2. The molecule has 17 heavy (non-hydrogen) atoms. The smallest absolute Gasteiger partial charge is 0.255 e. The van der Waals surface area contributed by atoms with E-state index in [1.54, 1.807) is 6.92 Å². The molecule has 2 aromatic rings. The van der Waals surface area contributed by atoms with E-state index in [1.807, 2.05) is 44.2 Å². The number of hydrogen-bond donors (Lipinski definition) is 1. The first-order valence-corrected chi connectivity index (χ1v) is 5.59. The third-order valence-electron chi connectivity index (χ3n) is 2.85. The predicted octanol–water partition coefficient (Wildman–Crippen LogP) is 2.45. The summed E-state index contributed by atoms with van der Waals surface area (Å²) < 4.78 is 5.02. The molecule has 2 rings (SSSR count). The van der Waals surface area contributed by atoms with Gasteiger partial charge in [-0.3, -0.25) is 0 Å². The van der Waals surface area contributed by atoms with Crippen molar-refractivity contribution in [2.24, 2.45) is 0 Å². The van der Waals surface area contributed by atoms with Gasteiger partial charge in [0.15, 0.2) is 5.82 Å². The van der Waals surface area contributed by atoms with E-state index >= 15 is 0 Å². The Bertz CT molecular complexity index is 489. The van der Waals surface area contributed by atoms with E-state index in [9.17, 15) is 5.11 Å². The van der Waals surface area contributed by atoms with Gasteiger partial charge < -0.3 is 9.63 Å². The average Bonchev–Trinajstić information content (AvgIpc) is 2.80. The second kappa shape index (κ2) is 4.30. The maximum absolute atomic E-state index is 9.38. The third kappa shape index (κ3) is 2.22. The highest BCUT2D eigenvalue weighted by molar-refractivity contribution is 5.30. The summed E-state index contributed by atoms with van der Waals surface area (Å²) in [5.74, 6) is 0.837. The van der Waals surface area contributed by atoms with Gasteiger partial charge in [0.25, 0.3) is 5.89 Å². The van der Waals surface area contributed by atoms with Gasteiger partial charge in [-0.15, -0.1) is 0 Å². The van der Waals surface area contributed by atoms with Gasteiger partial charge in [0.05, 0.1) is 5.41 Å². The van der Waals surface area contributed by atoms with Gasteiger partial charge in [-0.25, -0.2) is 0 Å². The Hall–Kier alpha value is -1.68. The van der Waals surface area contributed by atoms with Gasteiger partial charge in [0.1, 0.15) is 6.10 Å². The summed E-state index contributed by atoms with van der Waals surface area (Å²) in [6.45, 7) is 5.66. The third-order valence-corrected chi connectivity index (χ3v) is 2.85. The second-order valence-corrected chi connectivity index (χ2v) is 4.62. The number of aliphatic hydroxyl groups is 1. The van der Waals surface area contributed by atoms with E-state index in [2.05, 4.69) is 10.1 Å². The number of rotatable bonds is 3. The molecule has 1 aromatic heterocycles. The Morgan fingerprint density at radius 3 is 2.41 bits per heavy atom. The van der Waals surface area contributed by atoms with E-state index < -0.39 is 6.10 Å². The molecule has 0 amide bonds. The van der Waals surface area contributed by atoms with Crippen LogP contribution in [0.5, 0.6) is 0 Å². The molecular formula is C13H16N2O2. The summed E-state index contributed by atoms with van der Waals surface area (Å²) in [7, 11) is 0. The lowest BCUT2D eigenvalue weighted by atomic mass is 9.84. The van der Waals surface area contributed by atoms with Crippen molar-refractivity contribution in [2.75, 3.05) is 0 Å². The van der Waals surface area contributed by atoms with E-state index in [0.29, 0.717) is 5.82 Å². The second-order valence-electron chi connectivity index (χ2n) is 4.62. The minimum atomic E-state index is -0.733. The quantitative estimate of drug-likeness (QED) is 0.883. The van der Waals surface area contributed by atoms with Gasteiger partial charge in [-0.1, -0.05) is 35.5 Å². The van der Waals surface area contributed by atoms with Crippen LogP contribution in [0.1, 0.15) is 44.2 Å². The number of aliphatic hydroxyl groups excluding tert-OH is 1. The fraction of sp³-hybridized carbons (Fsp3) is 0.385. The number of hydrogen-bond acceptors (Lipinski definition) is 4. The van der Waals surface area contributed by atoms with Gasteiger partial charge >= 0.3 is 0 Å². The first-order chi connectivity index (χ1) is 8.01. The fourth-order valence-corrected chi connectivity index (χ4v) is 1.64. The zero-order valence-corrected chi connectivity index (χ0v) is 10.2. The maximum Gasteiger partial charge on any atom is 0.255 e. The van der Waals surface area contributed by atoms with Crippen molar-refractivity contribution >= 4 is 0 Å². The number of aromatic nitrogens is 2. The minimum Gasteiger partial charge on any atom is -0.384 e. The Balaban J connectivity index is 2.37. The average molecular weight is 232 g/mol. The van der Waals surface area contributed by atoms with Crippen molar-refractivity contribution in [3.8, 4) is 0 Å². The molecule has 4 heteroatoms. The van der Waals surface area contributed by atoms with Gasteiger partial charge in [-0.2, -0.15) is 4.98 Å². The Morgan fingerprint density at radius 2 is 1.88 bits per heavy atom. The normalized spacial score (nSPS) is 13.6. The molecule has 0 radical (unpaired) electrons. The molecule has 0 aliphatic carbocycles. The van der Waals surface area contributed by atoms with Crippen LogP contribution < -0.4 is 0 Å². The first-order valence-electron chi connectivity index (χ1n) is 5.59. The Labute approximate surface area is 100 Å². The summed E-state index contributed by atoms with van der Waals surface area (Å²) in [4.78, 5) is 4.23. The molecule has 0 fully saturated rings. The summed E-state index contributed by atoms with van der Waals surface area (Å²) in [5.41, 5.74) is 0.774. The fourth-order valence-electron chi connectivity index (χ4n) is 1.64. The number of nitrogens with zero attached hydrogens (tertiary/aromatic N) is 2. The highest BCUT2D eigenvalue weighted by atomic mass is 16.5. The molecule has 1 heterocycles. The monoisotopic (exact) mass is 232 g/mol. The highest BCUT2D eigenvalue weighted by Crippen LogP contribution is 2.29. The van der Waals surface area contributed by atoms with Crippen LogP contribution >= 0.6 is 0 Å². The molecule has 4 nitrogen and oxygen atoms in total. The van der Waals surface area contributed by atoms with E-state index in [1.165, 1.54) is 0 Å². The van der Waals surface area contributed by atoms with Crippen LogP contribution in [0.4, 0.5) is 0 Å². The van der Waals surface area contributed by atoms with Crippen molar-refractivity contribution in [2.45, 2.75) is 32.3 Å². The Kier molecular flexibility index (Phi) is 2.98. The van der Waals surface area contributed by atoms with Crippen molar-refractivity contribution in [3.05, 3.63) is 47.6 Å². The lowest BCUT2D eigenvalue weighted by Crippen LogP contribution is -2.20. The van der Waals surface area contributed by atoms with Crippen LogP contribution in [0.3, 0.4) is 0 Å². The van der Waals surface area contributed by atoms with Crippen molar-refractivity contribution < 1.29 is 9.63 Å². The molecule has 1 aromatic carbocycles. The van der Waals surface area contributed by atoms with E-state index in [4.69, 9.17) is 4.52 Å². The highest BCUT2D eigenvalue weighted by Gasteiger charge is 2.29. The van der Waals surface area contributed by atoms with Crippen molar-refractivity contribution in [1.29, 1.82) is 0 Å². The van der Waals surface area contributed by atoms with E-state index in [0.717, 1.165) is 5.56 Å². The SMILES string of the molecule is C[C@H](O)c1nc(C(C)(C)c2ccccc2)no1. The van der Waals surface area contributed by atoms with Crippen LogP contribution in [-0.2, 0) is 5.41 Å². The lowest BCUT2D eigenvalue weighted by molar-refractivity contribution is 0.151. The van der Waals surface area contributed by atoms with Gasteiger partial charge in [-0.05, 0) is 26.3 Å². The molecule has 0 saturated carbocycles. The first kappa shape index (κ1) is 11.8. The molecule has 0 unspecified atom stereocenters.